The first kappa shape index (κ1) is 9.21. The van der Waals surface area contributed by atoms with Crippen LogP contribution in [0.25, 0.3) is 5.65 Å². The molecule has 74 valence electrons. The number of hydrogen-bond donors (Lipinski definition) is 1. The summed E-state index contributed by atoms with van der Waals surface area (Å²) in [6, 6.07) is 3.46. The van der Waals surface area contributed by atoms with Crippen LogP contribution in [0.5, 0.6) is 0 Å². The van der Waals surface area contributed by atoms with Crippen molar-refractivity contribution >= 4 is 23.9 Å². The molecule has 0 spiro atoms. The molecular formula is C8H11N4OP. The lowest BCUT2D eigenvalue weighted by molar-refractivity contribution is 0.587. The molecule has 0 aliphatic carbocycles. The van der Waals surface area contributed by atoms with E-state index in [1.54, 1.807) is 25.5 Å². The molecule has 0 aliphatic heterocycles. The second-order valence-corrected chi connectivity index (χ2v) is 6.62. The van der Waals surface area contributed by atoms with E-state index in [4.69, 9.17) is 5.73 Å². The minimum atomic E-state index is -2.43. The smallest absolute Gasteiger partial charge is 0.156 e. The largest absolute Gasteiger partial charge is 0.397 e. The van der Waals surface area contributed by atoms with Crippen LogP contribution in [0.1, 0.15) is 0 Å². The molecule has 2 aromatic rings. The van der Waals surface area contributed by atoms with E-state index in [9.17, 15) is 4.57 Å². The van der Waals surface area contributed by atoms with Crippen molar-refractivity contribution in [3.05, 3.63) is 18.5 Å². The number of rotatable bonds is 1. The number of nitrogens with two attached hydrogens (primary N) is 1. The number of nitrogen functional groups attached to an aromatic ring is 1. The topological polar surface area (TPSA) is 73.3 Å². The third-order valence-electron chi connectivity index (χ3n) is 1.95. The van der Waals surface area contributed by atoms with E-state index in [0.717, 1.165) is 0 Å². The fraction of sp³-hybridized carbons (Fsp3) is 0.250. The Morgan fingerprint density at radius 1 is 1.43 bits per heavy atom. The lowest BCUT2D eigenvalue weighted by Gasteiger charge is -2.11. The first-order valence-electron chi connectivity index (χ1n) is 4.14. The van der Waals surface area contributed by atoms with Gasteiger partial charge < -0.3 is 10.3 Å². The molecule has 0 bridgehead atoms. The molecule has 0 saturated carbocycles. The number of fused-ring (bicyclic) bond motifs is 1. The molecule has 2 N–H and O–H groups in total. The molecule has 0 radical (unpaired) electrons. The maximum absolute atomic E-state index is 12.0. The van der Waals surface area contributed by atoms with Gasteiger partial charge in [0.25, 0.3) is 0 Å². The fourth-order valence-electron chi connectivity index (χ4n) is 1.43. The van der Waals surface area contributed by atoms with Crippen molar-refractivity contribution in [2.45, 2.75) is 0 Å². The second kappa shape index (κ2) is 2.82. The highest BCUT2D eigenvalue weighted by atomic mass is 31.2. The first-order chi connectivity index (χ1) is 6.50. The SMILES string of the molecule is CP(C)(=O)c1c(N)ccc2ncnn12. The second-order valence-electron chi connectivity index (χ2n) is 3.49. The van der Waals surface area contributed by atoms with Gasteiger partial charge in [-0.1, -0.05) is 0 Å². The normalized spacial score (nSPS) is 12.1. The Labute approximate surface area is 81.3 Å². The Balaban J connectivity index is 2.91. The van der Waals surface area contributed by atoms with E-state index in [1.807, 2.05) is 0 Å². The number of hydrogen-bond acceptors (Lipinski definition) is 4. The lowest BCUT2D eigenvalue weighted by atomic mass is 10.4. The summed E-state index contributed by atoms with van der Waals surface area (Å²) in [4.78, 5) is 4.01. The third kappa shape index (κ3) is 1.30. The summed E-state index contributed by atoms with van der Waals surface area (Å²) in [6.45, 7) is 3.33. The van der Waals surface area contributed by atoms with Crippen LogP contribution < -0.4 is 11.2 Å². The van der Waals surface area contributed by atoms with Crippen LogP contribution in [0, 0.1) is 0 Å². The van der Waals surface area contributed by atoms with Gasteiger partial charge in [-0.25, -0.2) is 9.50 Å². The molecule has 0 aliphatic rings. The average molecular weight is 210 g/mol. The minimum absolute atomic E-state index is 0.497. The van der Waals surface area contributed by atoms with Crippen LogP contribution in [-0.4, -0.2) is 27.9 Å². The summed E-state index contributed by atoms with van der Waals surface area (Å²) in [5.41, 5.74) is 7.50. The van der Waals surface area contributed by atoms with Crippen molar-refractivity contribution in [1.82, 2.24) is 14.6 Å². The molecule has 0 unspecified atom stereocenters. The predicted molar refractivity (Wildman–Crippen MR) is 56.5 cm³/mol. The van der Waals surface area contributed by atoms with Gasteiger partial charge in [-0.05, 0) is 25.5 Å². The Hall–Kier alpha value is -1.35. The van der Waals surface area contributed by atoms with Gasteiger partial charge in [0.2, 0.25) is 0 Å². The molecule has 2 heterocycles. The van der Waals surface area contributed by atoms with Gasteiger partial charge >= 0.3 is 0 Å². The summed E-state index contributed by atoms with van der Waals surface area (Å²) < 4.78 is 13.5. The molecule has 0 atom stereocenters. The molecule has 6 heteroatoms. The van der Waals surface area contributed by atoms with Gasteiger partial charge in [-0.3, -0.25) is 0 Å². The van der Waals surface area contributed by atoms with Crippen molar-refractivity contribution in [2.75, 3.05) is 19.1 Å². The summed E-state index contributed by atoms with van der Waals surface area (Å²) in [5.74, 6) is 0. The van der Waals surface area contributed by atoms with Gasteiger partial charge in [0.05, 0.1) is 5.69 Å². The van der Waals surface area contributed by atoms with Crippen LogP contribution in [-0.2, 0) is 4.57 Å². The number of anilines is 1. The number of nitrogens with zero attached hydrogens (tertiary/aromatic N) is 3. The van der Waals surface area contributed by atoms with Gasteiger partial charge in [0, 0.05) is 0 Å². The van der Waals surface area contributed by atoms with E-state index >= 15 is 0 Å². The van der Waals surface area contributed by atoms with Crippen molar-refractivity contribution < 1.29 is 4.57 Å². The van der Waals surface area contributed by atoms with Gasteiger partial charge in [-0.15, -0.1) is 0 Å². The Morgan fingerprint density at radius 3 is 2.79 bits per heavy atom. The van der Waals surface area contributed by atoms with Crippen molar-refractivity contribution in [1.29, 1.82) is 0 Å². The molecule has 5 nitrogen and oxygen atoms in total. The molecular weight excluding hydrogens is 199 g/mol. The summed E-state index contributed by atoms with van der Waals surface area (Å²) >= 11 is 0. The van der Waals surface area contributed by atoms with Gasteiger partial charge in [0.15, 0.2) is 5.65 Å². The maximum atomic E-state index is 12.0. The van der Waals surface area contributed by atoms with E-state index in [2.05, 4.69) is 10.1 Å². The number of aromatic nitrogens is 3. The van der Waals surface area contributed by atoms with Crippen molar-refractivity contribution in [3.63, 3.8) is 0 Å². The van der Waals surface area contributed by atoms with E-state index in [0.29, 0.717) is 16.8 Å². The highest BCUT2D eigenvalue weighted by molar-refractivity contribution is 7.70. The molecule has 2 aromatic heterocycles. The van der Waals surface area contributed by atoms with Crippen molar-refractivity contribution in [2.24, 2.45) is 0 Å². The summed E-state index contributed by atoms with van der Waals surface area (Å²) in [7, 11) is -2.43. The third-order valence-corrected chi connectivity index (χ3v) is 3.42. The zero-order valence-corrected chi connectivity index (χ0v) is 8.90. The molecule has 0 saturated heterocycles. The van der Waals surface area contributed by atoms with E-state index in [-0.39, 0.29) is 0 Å². The van der Waals surface area contributed by atoms with E-state index < -0.39 is 7.14 Å². The molecule has 0 aromatic carbocycles. The minimum Gasteiger partial charge on any atom is -0.397 e. The highest BCUT2D eigenvalue weighted by Crippen LogP contribution is 2.36. The van der Waals surface area contributed by atoms with Crippen LogP contribution in [0.3, 0.4) is 0 Å². The molecule has 14 heavy (non-hydrogen) atoms. The molecule has 0 fully saturated rings. The Kier molecular flexibility index (Phi) is 1.86. The first-order valence-corrected chi connectivity index (χ1v) is 6.74. The lowest BCUT2D eigenvalue weighted by Crippen LogP contribution is -2.19. The Bertz CT molecular complexity index is 527. The molecule has 0 amide bonds. The zero-order chi connectivity index (χ0) is 10.3. The van der Waals surface area contributed by atoms with Crippen LogP contribution in [0.15, 0.2) is 18.5 Å². The van der Waals surface area contributed by atoms with E-state index in [1.165, 1.54) is 10.8 Å². The summed E-state index contributed by atoms with van der Waals surface area (Å²) in [5, 5.41) is 4.00. The standard InChI is InChI=1S/C8H11N4OP/c1-14(2,13)8-6(9)3-4-7-10-5-11-12(7)8/h3-5H,9H2,1-2H3. The maximum Gasteiger partial charge on any atom is 0.156 e. The highest BCUT2D eigenvalue weighted by Gasteiger charge is 2.19. The molecule has 2 rings (SSSR count). The summed E-state index contributed by atoms with van der Waals surface area (Å²) in [6.07, 6.45) is 1.42. The Morgan fingerprint density at radius 2 is 2.14 bits per heavy atom. The monoisotopic (exact) mass is 210 g/mol. The van der Waals surface area contributed by atoms with Crippen LogP contribution in [0.2, 0.25) is 0 Å². The fourth-order valence-corrected chi connectivity index (χ4v) is 2.73. The average Bonchev–Trinajstić information content (AvgIpc) is 2.48. The quantitative estimate of drug-likeness (QED) is 0.698. The number of pyridine rings is 1. The predicted octanol–water partition coefficient (Wildman–Crippen LogP) is 0.559. The van der Waals surface area contributed by atoms with Crippen LogP contribution >= 0.6 is 7.14 Å². The van der Waals surface area contributed by atoms with Crippen molar-refractivity contribution in [3.8, 4) is 0 Å². The van der Waals surface area contributed by atoms with Crippen LogP contribution in [0.4, 0.5) is 5.69 Å². The van der Waals surface area contributed by atoms with Gasteiger partial charge in [-0.2, -0.15) is 5.10 Å². The van der Waals surface area contributed by atoms with Gasteiger partial charge in [0.1, 0.15) is 18.9 Å². The zero-order valence-electron chi connectivity index (χ0n) is 8.01.